The first-order valence-electron chi connectivity index (χ1n) is 8.35. The van der Waals surface area contributed by atoms with Crippen molar-refractivity contribution in [3.63, 3.8) is 0 Å². The highest BCUT2D eigenvalue weighted by Crippen LogP contribution is 2.58. The fourth-order valence-electron chi connectivity index (χ4n) is 6.08. The Bertz CT molecular complexity index is 291. The zero-order valence-corrected chi connectivity index (χ0v) is 11.9. The molecule has 4 bridgehead atoms. The van der Waals surface area contributed by atoms with Gasteiger partial charge in [0.05, 0.1) is 11.2 Å². The Morgan fingerprint density at radius 1 is 0.778 bits per heavy atom. The van der Waals surface area contributed by atoms with Crippen LogP contribution in [0.25, 0.3) is 0 Å². The third kappa shape index (κ3) is 1.94. The molecule has 18 heavy (non-hydrogen) atoms. The third-order valence-corrected chi connectivity index (χ3v) is 6.36. The molecule has 1 nitrogen and oxygen atoms in total. The summed E-state index contributed by atoms with van der Waals surface area (Å²) < 4.78 is 6.88. The van der Waals surface area contributed by atoms with Crippen molar-refractivity contribution >= 4 is 0 Å². The maximum atomic E-state index is 6.88. The van der Waals surface area contributed by atoms with Crippen molar-refractivity contribution in [1.82, 2.24) is 0 Å². The minimum absolute atomic E-state index is 0.226. The number of hydrogen-bond donors (Lipinski definition) is 0. The van der Waals surface area contributed by atoms with E-state index < -0.39 is 0 Å². The molecule has 0 aromatic rings. The normalized spacial score (nSPS) is 49.5. The third-order valence-electron chi connectivity index (χ3n) is 6.36. The second kappa shape index (κ2) is 3.98. The quantitative estimate of drug-likeness (QED) is 0.688. The van der Waals surface area contributed by atoms with Gasteiger partial charge in [0.15, 0.2) is 0 Å². The van der Waals surface area contributed by atoms with Crippen LogP contribution in [0.2, 0.25) is 0 Å². The molecule has 5 aliphatic rings. The minimum Gasteiger partial charge on any atom is -0.369 e. The van der Waals surface area contributed by atoms with E-state index in [1.165, 1.54) is 70.6 Å². The van der Waals surface area contributed by atoms with Gasteiger partial charge in [-0.2, -0.15) is 0 Å². The maximum Gasteiger partial charge on any atom is 0.0697 e. The van der Waals surface area contributed by atoms with Gasteiger partial charge in [-0.1, -0.05) is 19.3 Å². The Balaban J connectivity index is 1.53. The molecule has 5 aliphatic carbocycles. The lowest BCUT2D eigenvalue weighted by Gasteiger charge is -2.58. The van der Waals surface area contributed by atoms with Crippen molar-refractivity contribution < 1.29 is 4.74 Å². The summed E-state index contributed by atoms with van der Waals surface area (Å²) in [5, 5.41) is 0. The van der Waals surface area contributed by atoms with Crippen LogP contribution in [0.5, 0.6) is 0 Å². The van der Waals surface area contributed by atoms with E-state index in [1.807, 2.05) is 0 Å². The molecule has 5 fully saturated rings. The summed E-state index contributed by atoms with van der Waals surface area (Å²) in [7, 11) is 0. The van der Waals surface area contributed by atoms with E-state index in [4.69, 9.17) is 4.74 Å². The van der Waals surface area contributed by atoms with Gasteiger partial charge in [0.2, 0.25) is 0 Å². The van der Waals surface area contributed by atoms with Gasteiger partial charge in [-0.15, -0.1) is 0 Å². The second-order valence-corrected chi connectivity index (χ2v) is 8.21. The van der Waals surface area contributed by atoms with Crippen molar-refractivity contribution in [2.75, 3.05) is 0 Å². The molecule has 0 spiro atoms. The molecular weight excluding hydrogens is 220 g/mol. The number of hydrogen-bond acceptors (Lipinski definition) is 1. The van der Waals surface area contributed by atoms with E-state index in [9.17, 15) is 0 Å². The van der Waals surface area contributed by atoms with Crippen LogP contribution < -0.4 is 0 Å². The molecule has 0 atom stereocenters. The summed E-state index contributed by atoms with van der Waals surface area (Å²) in [6.07, 6.45) is 15.6. The molecule has 0 aromatic heterocycles. The zero-order chi connectivity index (χ0) is 12.2. The van der Waals surface area contributed by atoms with Crippen molar-refractivity contribution in [2.24, 2.45) is 17.8 Å². The molecule has 0 heterocycles. The Morgan fingerprint density at radius 2 is 1.28 bits per heavy atom. The van der Waals surface area contributed by atoms with Crippen LogP contribution in [-0.2, 0) is 4.74 Å². The summed E-state index contributed by atoms with van der Waals surface area (Å²) in [5.41, 5.74) is 0.546. The van der Waals surface area contributed by atoms with Gasteiger partial charge < -0.3 is 4.74 Å². The molecule has 0 amide bonds. The first-order chi connectivity index (χ1) is 8.65. The summed E-state index contributed by atoms with van der Waals surface area (Å²) in [4.78, 5) is 0. The van der Waals surface area contributed by atoms with Gasteiger partial charge >= 0.3 is 0 Å². The van der Waals surface area contributed by atoms with Gasteiger partial charge in [-0.05, 0) is 76.0 Å². The Kier molecular flexibility index (Phi) is 2.60. The van der Waals surface area contributed by atoms with E-state index >= 15 is 0 Å². The summed E-state index contributed by atoms with van der Waals surface area (Å²) in [6, 6.07) is 0. The topological polar surface area (TPSA) is 9.23 Å². The first-order valence-corrected chi connectivity index (χ1v) is 8.35. The van der Waals surface area contributed by atoms with E-state index in [2.05, 4.69) is 6.92 Å². The van der Waals surface area contributed by atoms with E-state index in [-0.39, 0.29) is 5.60 Å². The predicted molar refractivity (Wildman–Crippen MR) is 73.5 cm³/mol. The molecule has 102 valence electrons. The first kappa shape index (κ1) is 11.8. The zero-order valence-electron chi connectivity index (χ0n) is 11.9. The highest BCUT2D eigenvalue weighted by Gasteiger charge is 2.53. The fraction of sp³-hybridized carbons (Fsp3) is 1.00. The molecular formula is C17H28O. The second-order valence-electron chi connectivity index (χ2n) is 8.21. The Morgan fingerprint density at radius 3 is 1.78 bits per heavy atom. The molecule has 0 N–H and O–H groups in total. The highest BCUT2D eigenvalue weighted by atomic mass is 16.5. The van der Waals surface area contributed by atoms with Crippen molar-refractivity contribution in [3.8, 4) is 0 Å². The maximum absolute atomic E-state index is 6.88. The van der Waals surface area contributed by atoms with Gasteiger partial charge in [0.25, 0.3) is 0 Å². The van der Waals surface area contributed by atoms with Crippen LogP contribution >= 0.6 is 0 Å². The highest BCUT2D eigenvalue weighted by molar-refractivity contribution is 5.04. The van der Waals surface area contributed by atoms with Crippen molar-refractivity contribution in [1.29, 1.82) is 0 Å². The molecule has 0 aliphatic heterocycles. The summed E-state index contributed by atoms with van der Waals surface area (Å²) in [6.45, 7) is 2.41. The van der Waals surface area contributed by atoms with Gasteiger partial charge in [0, 0.05) is 0 Å². The van der Waals surface area contributed by atoms with Gasteiger partial charge in [0.1, 0.15) is 0 Å². The van der Waals surface area contributed by atoms with E-state index in [1.54, 1.807) is 0 Å². The fourth-order valence-corrected chi connectivity index (χ4v) is 6.08. The van der Waals surface area contributed by atoms with E-state index in [0.29, 0.717) is 5.60 Å². The SMILES string of the molecule is CC1(OC23CC4CC(CC(C4)C2)C3)CCCCC1. The van der Waals surface area contributed by atoms with Crippen molar-refractivity contribution in [2.45, 2.75) is 88.8 Å². The lowest BCUT2D eigenvalue weighted by molar-refractivity contribution is -0.227. The minimum atomic E-state index is 0.226. The monoisotopic (exact) mass is 248 g/mol. The molecule has 0 aromatic carbocycles. The summed E-state index contributed by atoms with van der Waals surface area (Å²) in [5.74, 6) is 3.05. The Labute approximate surface area is 112 Å². The predicted octanol–water partition coefficient (Wildman–Crippen LogP) is 4.69. The average molecular weight is 248 g/mol. The van der Waals surface area contributed by atoms with Gasteiger partial charge in [-0.25, -0.2) is 0 Å². The van der Waals surface area contributed by atoms with Crippen LogP contribution in [-0.4, -0.2) is 11.2 Å². The molecule has 1 heteroatoms. The molecule has 5 saturated carbocycles. The van der Waals surface area contributed by atoms with Crippen LogP contribution in [0.4, 0.5) is 0 Å². The van der Waals surface area contributed by atoms with Crippen LogP contribution in [0.1, 0.15) is 77.6 Å². The van der Waals surface area contributed by atoms with Gasteiger partial charge in [-0.3, -0.25) is 0 Å². The molecule has 0 saturated heterocycles. The average Bonchev–Trinajstić information content (AvgIpc) is 2.26. The Hall–Kier alpha value is -0.0400. The van der Waals surface area contributed by atoms with Crippen LogP contribution in [0.3, 0.4) is 0 Å². The van der Waals surface area contributed by atoms with Crippen molar-refractivity contribution in [3.05, 3.63) is 0 Å². The lowest BCUT2D eigenvalue weighted by Crippen LogP contribution is -2.55. The summed E-state index contributed by atoms with van der Waals surface area (Å²) >= 11 is 0. The largest absolute Gasteiger partial charge is 0.369 e. The smallest absolute Gasteiger partial charge is 0.0697 e. The number of ether oxygens (including phenoxy) is 1. The lowest BCUT2D eigenvalue weighted by atomic mass is 9.54. The molecule has 0 radical (unpaired) electrons. The standard InChI is InChI=1S/C17H28O/c1-16(5-3-2-4-6-16)18-17-10-13-7-14(11-17)9-15(8-13)12-17/h13-15H,2-12H2,1H3. The van der Waals surface area contributed by atoms with E-state index in [0.717, 1.165) is 17.8 Å². The number of rotatable bonds is 2. The van der Waals surface area contributed by atoms with Crippen LogP contribution in [0.15, 0.2) is 0 Å². The van der Waals surface area contributed by atoms with Crippen LogP contribution in [0, 0.1) is 17.8 Å². The molecule has 5 rings (SSSR count). The molecule has 0 unspecified atom stereocenters.